The van der Waals surface area contributed by atoms with Gasteiger partial charge in [-0.1, -0.05) is 44.2 Å². The van der Waals surface area contributed by atoms with Crippen LogP contribution in [0.5, 0.6) is 0 Å². The number of hydrogen-bond donors (Lipinski definition) is 3. The summed E-state index contributed by atoms with van der Waals surface area (Å²) in [6.07, 6.45) is 7.89. The minimum atomic E-state index is -0.853. The Morgan fingerprint density at radius 2 is 1.72 bits per heavy atom. The summed E-state index contributed by atoms with van der Waals surface area (Å²) < 4.78 is 0. The molecule has 1 heterocycles. The molecule has 1 aromatic rings. The number of fused-ring (bicyclic) bond motifs is 1. The highest BCUT2D eigenvalue weighted by Crippen LogP contribution is 2.20. The van der Waals surface area contributed by atoms with E-state index in [9.17, 15) is 14.4 Å². The van der Waals surface area contributed by atoms with Crippen LogP contribution < -0.4 is 16.0 Å². The quantitative estimate of drug-likeness (QED) is 0.787. The molecule has 3 rings (SSSR count). The molecule has 3 N–H and O–H groups in total. The van der Waals surface area contributed by atoms with Crippen molar-refractivity contribution in [3.8, 4) is 0 Å². The number of rotatable bonds is 3. The average molecular weight is 343 g/mol. The Bertz CT molecular complexity index is 651. The van der Waals surface area contributed by atoms with Gasteiger partial charge in [0.05, 0.1) is 17.7 Å². The minimum Gasteiger partial charge on any atom is -0.353 e. The number of benzene rings is 1. The van der Waals surface area contributed by atoms with Crippen LogP contribution in [0.3, 0.4) is 0 Å². The summed E-state index contributed by atoms with van der Waals surface area (Å²) in [4.78, 5) is 37.0. The summed E-state index contributed by atoms with van der Waals surface area (Å²) in [6.45, 7) is 0. The van der Waals surface area contributed by atoms with Gasteiger partial charge in [-0.3, -0.25) is 14.4 Å². The van der Waals surface area contributed by atoms with Crippen molar-refractivity contribution in [2.24, 2.45) is 0 Å². The van der Waals surface area contributed by atoms with E-state index in [2.05, 4.69) is 16.0 Å². The molecule has 6 heteroatoms. The number of amides is 3. The number of anilines is 1. The monoisotopic (exact) mass is 343 g/mol. The Morgan fingerprint density at radius 1 is 1.04 bits per heavy atom. The molecule has 25 heavy (non-hydrogen) atoms. The van der Waals surface area contributed by atoms with Crippen LogP contribution in [-0.2, 0) is 9.59 Å². The third-order valence-electron chi connectivity index (χ3n) is 4.91. The number of carbonyl (C=O) groups is 3. The molecule has 1 saturated carbocycles. The highest BCUT2D eigenvalue weighted by atomic mass is 16.2. The number of para-hydroxylation sites is 1. The zero-order chi connectivity index (χ0) is 17.6. The van der Waals surface area contributed by atoms with E-state index in [1.54, 1.807) is 24.3 Å². The SMILES string of the molecule is O=C(C[C@@H]1NC(=O)c2ccccc2NC1=O)NC1CCCCCCC1. The van der Waals surface area contributed by atoms with Gasteiger partial charge in [-0.25, -0.2) is 0 Å². The minimum absolute atomic E-state index is 0.0396. The Hall–Kier alpha value is -2.37. The molecule has 1 aromatic carbocycles. The van der Waals surface area contributed by atoms with Crippen molar-refractivity contribution in [2.75, 3.05) is 5.32 Å². The van der Waals surface area contributed by atoms with E-state index in [4.69, 9.17) is 0 Å². The average Bonchev–Trinajstić information content (AvgIpc) is 2.67. The second-order valence-electron chi connectivity index (χ2n) is 6.87. The van der Waals surface area contributed by atoms with Crippen molar-refractivity contribution < 1.29 is 14.4 Å². The molecular formula is C19H25N3O3. The predicted octanol–water partition coefficient (Wildman–Crippen LogP) is 2.36. The predicted molar refractivity (Wildman–Crippen MR) is 95.2 cm³/mol. The molecule has 0 bridgehead atoms. The molecule has 0 spiro atoms. The highest BCUT2D eigenvalue weighted by Gasteiger charge is 2.29. The third kappa shape index (κ3) is 4.59. The van der Waals surface area contributed by atoms with Gasteiger partial charge in [-0.15, -0.1) is 0 Å². The lowest BCUT2D eigenvalue weighted by atomic mass is 9.96. The topological polar surface area (TPSA) is 87.3 Å². The fourth-order valence-electron chi connectivity index (χ4n) is 3.53. The molecule has 0 saturated heterocycles. The fraction of sp³-hybridized carbons (Fsp3) is 0.526. The van der Waals surface area contributed by atoms with E-state index in [-0.39, 0.29) is 30.2 Å². The van der Waals surface area contributed by atoms with Gasteiger partial charge < -0.3 is 16.0 Å². The second kappa shape index (κ2) is 8.14. The summed E-state index contributed by atoms with van der Waals surface area (Å²) in [7, 11) is 0. The molecule has 1 aliphatic heterocycles. The molecule has 134 valence electrons. The molecule has 6 nitrogen and oxygen atoms in total. The Labute approximate surface area is 147 Å². The zero-order valence-corrected chi connectivity index (χ0v) is 14.3. The van der Waals surface area contributed by atoms with Crippen LogP contribution in [0.2, 0.25) is 0 Å². The van der Waals surface area contributed by atoms with Gasteiger partial charge in [0.1, 0.15) is 6.04 Å². The lowest BCUT2D eigenvalue weighted by molar-refractivity contribution is -0.126. The van der Waals surface area contributed by atoms with Gasteiger partial charge in [-0.05, 0) is 25.0 Å². The van der Waals surface area contributed by atoms with E-state index < -0.39 is 6.04 Å². The number of carbonyl (C=O) groups excluding carboxylic acids is 3. The summed E-state index contributed by atoms with van der Waals surface area (Å²) in [6, 6.07) is 6.16. The van der Waals surface area contributed by atoms with Crippen molar-refractivity contribution in [1.29, 1.82) is 0 Å². The maximum Gasteiger partial charge on any atom is 0.254 e. The summed E-state index contributed by atoms with van der Waals surface area (Å²) in [5, 5.41) is 8.43. The van der Waals surface area contributed by atoms with E-state index >= 15 is 0 Å². The lowest BCUT2D eigenvalue weighted by Gasteiger charge is -2.22. The van der Waals surface area contributed by atoms with Crippen LogP contribution in [0.1, 0.15) is 61.7 Å². The molecule has 1 fully saturated rings. The van der Waals surface area contributed by atoms with E-state index in [0.717, 1.165) is 25.7 Å². The molecule has 0 unspecified atom stereocenters. The van der Waals surface area contributed by atoms with Crippen molar-refractivity contribution in [3.05, 3.63) is 29.8 Å². The normalized spacial score (nSPS) is 21.8. The van der Waals surface area contributed by atoms with E-state index in [1.807, 2.05) is 0 Å². The van der Waals surface area contributed by atoms with Gasteiger partial charge in [0, 0.05) is 6.04 Å². The molecule has 0 aromatic heterocycles. The first-order valence-electron chi connectivity index (χ1n) is 9.13. The maximum absolute atomic E-state index is 12.4. The summed E-state index contributed by atoms with van der Waals surface area (Å²) in [5.41, 5.74) is 0.895. The van der Waals surface area contributed by atoms with Crippen LogP contribution in [0.25, 0.3) is 0 Å². The molecule has 2 aliphatic rings. The Balaban J connectivity index is 1.59. The molecule has 3 amide bonds. The van der Waals surface area contributed by atoms with Crippen LogP contribution in [-0.4, -0.2) is 29.8 Å². The highest BCUT2D eigenvalue weighted by molar-refractivity contribution is 6.10. The lowest BCUT2D eigenvalue weighted by Crippen LogP contribution is -2.46. The fourth-order valence-corrected chi connectivity index (χ4v) is 3.53. The third-order valence-corrected chi connectivity index (χ3v) is 4.91. The zero-order valence-electron chi connectivity index (χ0n) is 14.3. The van der Waals surface area contributed by atoms with Crippen molar-refractivity contribution in [3.63, 3.8) is 0 Å². The Kier molecular flexibility index (Phi) is 5.68. The first-order valence-corrected chi connectivity index (χ1v) is 9.13. The van der Waals surface area contributed by atoms with E-state index in [1.165, 1.54) is 19.3 Å². The van der Waals surface area contributed by atoms with E-state index in [0.29, 0.717) is 11.3 Å². The maximum atomic E-state index is 12.4. The van der Waals surface area contributed by atoms with Crippen LogP contribution in [0.4, 0.5) is 5.69 Å². The van der Waals surface area contributed by atoms with Gasteiger partial charge >= 0.3 is 0 Å². The standard InChI is InChI=1S/C19H25N3O3/c23-17(20-13-8-4-2-1-3-5-9-13)12-16-19(25)21-15-11-7-6-10-14(15)18(24)22-16/h6-7,10-11,13,16H,1-5,8-9,12H2,(H,20,23)(H,21,25)(H,22,24)/t16-/m0/s1. The van der Waals surface area contributed by atoms with Crippen molar-refractivity contribution in [1.82, 2.24) is 10.6 Å². The molecule has 0 radical (unpaired) electrons. The molecule has 1 atom stereocenters. The number of nitrogens with one attached hydrogen (secondary N) is 3. The van der Waals surface area contributed by atoms with Crippen LogP contribution in [0, 0.1) is 0 Å². The van der Waals surface area contributed by atoms with Gasteiger partial charge in [0.25, 0.3) is 5.91 Å². The molecular weight excluding hydrogens is 318 g/mol. The van der Waals surface area contributed by atoms with Crippen molar-refractivity contribution in [2.45, 2.75) is 63.5 Å². The largest absolute Gasteiger partial charge is 0.353 e. The van der Waals surface area contributed by atoms with Crippen molar-refractivity contribution >= 4 is 23.4 Å². The van der Waals surface area contributed by atoms with Crippen LogP contribution in [0.15, 0.2) is 24.3 Å². The molecule has 1 aliphatic carbocycles. The Morgan fingerprint density at radius 3 is 2.48 bits per heavy atom. The summed E-state index contributed by atoms with van der Waals surface area (Å²) in [5.74, 6) is -0.874. The van der Waals surface area contributed by atoms with Gasteiger partial charge in [0.2, 0.25) is 11.8 Å². The number of hydrogen-bond acceptors (Lipinski definition) is 3. The second-order valence-corrected chi connectivity index (χ2v) is 6.87. The first kappa shape index (κ1) is 17.5. The van der Waals surface area contributed by atoms with Gasteiger partial charge in [0.15, 0.2) is 0 Å². The first-order chi connectivity index (χ1) is 12.1. The summed E-state index contributed by atoms with van der Waals surface area (Å²) >= 11 is 0. The van der Waals surface area contributed by atoms with Crippen LogP contribution >= 0.6 is 0 Å². The van der Waals surface area contributed by atoms with Gasteiger partial charge in [-0.2, -0.15) is 0 Å². The smallest absolute Gasteiger partial charge is 0.254 e.